The minimum absolute atomic E-state index is 0.0369. The zero-order chi connectivity index (χ0) is 29.1. The predicted molar refractivity (Wildman–Crippen MR) is 155 cm³/mol. The van der Waals surface area contributed by atoms with Crippen LogP contribution in [-0.4, -0.2) is 85.4 Å². The number of halogens is 1. The standard InChI is InChI=1S/C29H41FN6O4S/c1-4-36(20(2)3)28(37)24-13-22(30)5-6-25(24)40-26-14-31-19-32-27(26)35-12-9-21(16-35)15-34-17-29(18-34)10-7-23(8-11-29)33-41(38)39/h5-6,13-14,19-21,23,41H,4,7-12,15-18H2,1-3H3,(H,33,38,39)/t21-/m0/s1. The molecule has 0 unspecified atom stereocenters. The number of benzene rings is 1. The van der Waals surface area contributed by atoms with E-state index in [0.717, 1.165) is 64.8 Å². The molecule has 0 radical (unpaired) electrons. The molecule has 1 spiro atoms. The Bertz CT molecular complexity index is 1300. The highest BCUT2D eigenvalue weighted by molar-refractivity contribution is 7.70. The van der Waals surface area contributed by atoms with E-state index in [1.54, 1.807) is 11.1 Å². The van der Waals surface area contributed by atoms with Gasteiger partial charge in [-0.25, -0.2) is 27.5 Å². The molecule has 10 nitrogen and oxygen atoms in total. The van der Waals surface area contributed by atoms with Gasteiger partial charge in [-0.05, 0) is 82.4 Å². The Balaban J connectivity index is 1.20. The summed E-state index contributed by atoms with van der Waals surface area (Å²) in [6.45, 7) is 11.1. The van der Waals surface area contributed by atoms with Crippen molar-refractivity contribution in [1.29, 1.82) is 0 Å². The summed E-state index contributed by atoms with van der Waals surface area (Å²) in [7, 11) is -2.53. The Morgan fingerprint density at radius 3 is 2.66 bits per heavy atom. The monoisotopic (exact) mass is 588 g/mol. The van der Waals surface area contributed by atoms with Crippen LogP contribution in [0.5, 0.6) is 11.5 Å². The number of anilines is 1. The smallest absolute Gasteiger partial charge is 0.257 e. The van der Waals surface area contributed by atoms with Crippen molar-refractivity contribution in [3.05, 3.63) is 42.1 Å². The Labute approximate surface area is 243 Å². The molecule has 1 aromatic carbocycles. The van der Waals surface area contributed by atoms with Crippen molar-refractivity contribution in [1.82, 2.24) is 24.5 Å². The largest absolute Gasteiger partial charge is 0.451 e. The van der Waals surface area contributed by atoms with Gasteiger partial charge in [0.2, 0.25) is 10.9 Å². The molecule has 1 saturated carbocycles. The fraction of sp³-hybridized carbons (Fsp3) is 0.621. The molecule has 12 heteroatoms. The molecule has 3 aliphatic rings. The highest BCUT2D eigenvalue weighted by Crippen LogP contribution is 2.44. The second-order valence-electron chi connectivity index (χ2n) is 12.1. The van der Waals surface area contributed by atoms with E-state index in [9.17, 15) is 17.6 Å². The molecular weight excluding hydrogens is 547 g/mol. The van der Waals surface area contributed by atoms with Crippen molar-refractivity contribution in [2.45, 2.75) is 65.0 Å². The third kappa shape index (κ3) is 6.81. The third-order valence-corrected chi connectivity index (χ3v) is 9.41. The van der Waals surface area contributed by atoms with Gasteiger partial charge in [0.15, 0.2) is 11.6 Å². The van der Waals surface area contributed by atoms with Gasteiger partial charge in [0, 0.05) is 51.4 Å². The number of ether oxygens (including phenoxy) is 1. The molecule has 1 atom stereocenters. The number of hydrogen-bond donors (Lipinski definition) is 2. The van der Waals surface area contributed by atoms with Gasteiger partial charge in [0.25, 0.3) is 5.91 Å². The van der Waals surface area contributed by atoms with Gasteiger partial charge in [-0.1, -0.05) is 0 Å². The first-order valence-corrected chi connectivity index (χ1v) is 15.8. The van der Waals surface area contributed by atoms with Gasteiger partial charge >= 0.3 is 0 Å². The zero-order valence-electron chi connectivity index (χ0n) is 24.1. The SMILES string of the molecule is CCN(C(=O)c1cc(F)ccc1Oc1cncnc1N1CC[C@@H](CN2CC3(CCC(N[SH](=O)=O)CC3)C2)C1)C(C)C. The van der Waals surface area contributed by atoms with E-state index in [4.69, 9.17) is 4.74 Å². The molecule has 2 aromatic rings. The van der Waals surface area contributed by atoms with Crippen LogP contribution in [0.15, 0.2) is 30.7 Å². The summed E-state index contributed by atoms with van der Waals surface area (Å²) in [4.78, 5) is 28.4. The summed E-state index contributed by atoms with van der Waals surface area (Å²) in [5.41, 5.74) is 0.513. The first-order valence-electron chi connectivity index (χ1n) is 14.6. The lowest BCUT2D eigenvalue weighted by atomic mass is 9.67. The number of amides is 1. The minimum Gasteiger partial charge on any atom is -0.451 e. The fourth-order valence-electron chi connectivity index (χ4n) is 6.79. The van der Waals surface area contributed by atoms with E-state index in [1.807, 2.05) is 20.8 Å². The molecule has 3 heterocycles. The highest BCUT2D eigenvalue weighted by atomic mass is 32.2. The normalized spacial score (nSPS) is 21.0. The quantitative estimate of drug-likeness (QED) is 0.407. The highest BCUT2D eigenvalue weighted by Gasteiger charge is 2.45. The summed E-state index contributed by atoms with van der Waals surface area (Å²) >= 11 is 0. The van der Waals surface area contributed by atoms with Crippen molar-refractivity contribution in [2.24, 2.45) is 11.3 Å². The molecule has 1 aliphatic carbocycles. The maximum Gasteiger partial charge on any atom is 0.257 e. The topological polar surface area (TPSA) is 108 Å². The Morgan fingerprint density at radius 2 is 1.98 bits per heavy atom. The van der Waals surface area contributed by atoms with Crippen LogP contribution in [0, 0.1) is 17.2 Å². The van der Waals surface area contributed by atoms with Gasteiger partial charge in [-0.3, -0.25) is 4.79 Å². The zero-order valence-corrected chi connectivity index (χ0v) is 25.0. The van der Waals surface area contributed by atoms with Gasteiger partial charge < -0.3 is 19.4 Å². The van der Waals surface area contributed by atoms with E-state index in [0.29, 0.717) is 29.4 Å². The lowest BCUT2D eigenvalue weighted by Crippen LogP contribution is -2.59. The number of rotatable bonds is 10. The molecule has 1 amide bonds. The second-order valence-corrected chi connectivity index (χ2v) is 12.8. The molecule has 3 fully saturated rings. The molecule has 1 N–H and O–H groups in total. The average molecular weight is 589 g/mol. The molecule has 1 aromatic heterocycles. The van der Waals surface area contributed by atoms with Gasteiger partial charge in [-0.2, -0.15) is 0 Å². The second kappa shape index (κ2) is 12.6. The van der Waals surface area contributed by atoms with Crippen LogP contribution < -0.4 is 14.4 Å². The molecular formula is C29H41FN6O4S. The van der Waals surface area contributed by atoms with E-state index in [-0.39, 0.29) is 29.3 Å². The summed E-state index contributed by atoms with van der Waals surface area (Å²) in [5, 5.41) is 0. The number of hydrogen-bond acceptors (Lipinski definition) is 8. The number of thiol groups is 1. The van der Waals surface area contributed by atoms with Gasteiger partial charge in [0.05, 0.1) is 11.8 Å². The van der Waals surface area contributed by atoms with Crippen molar-refractivity contribution >= 4 is 22.6 Å². The summed E-state index contributed by atoms with van der Waals surface area (Å²) in [5.74, 6) is 1.10. The Kier molecular flexibility index (Phi) is 9.10. The summed E-state index contributed by atoms with van der Waals surface area (Å²) in [6, 6.07) is 4.07. The minimum atomic E-state index is -2.53. The van der Waals surface area contributed by atoms with Gasteiger partial charge in [0.1, 0.15) is 17.9 Å². The van der Waals surface area contributed by atoms with E-state index >= 15 is 0 Å². The third-order valence-electron chi connectivity index (χ3n) is 8.83. The van der Waals surface area contributed by atoms with Crippen LogP contribution in [0.3, 0.4) is 0 Å². The van der Waals surface area contributed by atoms with Crippen molar-refractivity contribution in [3.63, 3.8) is 0 Å². The fourth-order valence-corrected chi connectivity index (χ4v) is 7.35. The summed E-state index contributed by atoms with van der Waals surface area (Å²) in [6.07, 6.45) is 8.11. The maximum atomic E-state index is 14.2. The van der Waals surface area contributed by atoms with E-state index in [1.165, 1.54) is 24.5 Å². The van der Waals surface area contributed by atoms with Crippen molar-refractivity contribution in [3.8, 4) is 11.5 Å². The lowest BCUT2D eigenvalue weighted by Gasteiger charge is -2.54. The Hall–Kier alpha value is -2.83. The number of carbonyl (C=O) groups is 1. The average Bonchev–Trinajstić information content (AvgIpc) is 3.38. The molecule has 0 bridgehead atoms. The number of carbonyl (C=O) groups excluding carboxylic acids is 1. The number of likely N-dealkylation sites (tertiary alicyclic amines) is 1. The lowest BCUT2D eigenvalue weighted by molar-refractivity contribution is -0.0385. The number of aromatic nitrogens is 2. The number of nitrogens with zero attached hydrogens (tertiary/aromatic N) is 5. The number of nitrogens with one attached hydrogen (secondary N) is 1. The van der Waals surface area contributed by atoms with Crippen LogP contribution in [0.4, 0.5) is 10.2 Å². The van der Waals surface area contributed by atoms with E-state index < -0.39 is 16.7 Å². The van der Waals surface area contributed by atoms with Crippen LogP contribution in [0.1, 0.15) is 63.2 Å². The first-order chi connectivity index (χ1) is 19.7. The Morgan fingerprint density at radius 1 is 1.22 bits per heavy atom. The predicted octanol–water partition coefficient (Wildman–Crippen LogP) is 3.47. The van der Waals surface area contributed by atoms with Crippen molar-refractivity contribution in [2.75, 3.05) is 44.2 Å². The maximum absolute atomic E-state index is 14.2. The first kappa shape index (κ1) is 29.7. The molecule has 41 heavy (non-hydrogen) atoms. The van der Waals surface area contributed by atoms with Crippen LogP contribution in [0.25, 0.3) is 0 Å². The molecule has 5 rings (SSSR count). The molecule has 224 valence electrons. The van der Waals surface area contributed by atoms with Crippen molar-refractivity contribution < 1.29 is 22.3 Å². The molecule has 2 aliphatic heterocycles. The molecule has 2 saturated heterocycles. The van der Waals surface area contributed by atoms with Crippen LogP contribution in [0.2, 0.25) is 0 Å². The van der Waals surface area contributed by atoms with Gasteiger partial charge in [-0.15, -0.1) is 0 Å². The van der Waals surface area contributed by atoms with Crippen LogP contribution in [-0.2, 0) is 10.9 Å². The van der Waals surface area contributed by atoms with E-state index in [2.05, 4.69) is 24.5 Å². The van der Waals surface area contributed by atoms with Crippen LogP contribution >= 0.6 is 0 Å². The summed E-state index contributed by atoms with van der Waals surface area (Å²) < 4.78 is 45.1.